The van der Waals surface area contributed by atoms with Crippen molar-refractivity contribution in [1.82, 2.24) is 0 Å². The van der Waals surface area contributed by atoms with Crippen LogP contribution < -0.4 is 9.21 Å². The van der Waals surface area contributed by atoms with E-state index in [0.717, 1.165) is 4.31 Å². The lowest BCUT2D eigenvalue weighted by Gasteiger charge is -2.29. The van der Waals surface area contributed by atoms with Gasteiger partial charge in [0.25, 0.3) is 10.0 Å². The van der Waals surface area contributed by atoms with Gasteiger partial charge >= 0.3 is 19.5 Å². The second-order valence-electron chi connectivity index (χ2n) is 12.3. The SMILES string of the molecule is CC(=O)N1CCc2cc(N(CP(=O)(OCOC(=O)C(C)(C)C)OCOC(=O)C(C)(C)C)S(=O)(=O)c3cc(Cl)cc(Cl)c3)ccc21. The van der Waals surface area contributed by atoms with Crippen molar-refractivity contribution in [3.63, 3.8) is 0 Å². The molecule has 248 valence electrons. The van der Waals surface area contributed by atoms with Gasteiger partial charge in [0.1, 0.15) is 6.29 Å². The monoisotopic (exact) mass is 706 g/mol. The molecule has 0 spiro atoms. The molecule has 0 aromatic heterocycles. The van der Waals surface area contributed by atoms with Crippen LogP contribution in [-0.4, -0.2) is 52.7 Å². The van der Waals surface area contributed by atoms with Gasteiger partial charge in [0.15, 0.2) is 0 Å². The van der Waals surface area contributed by atoms with Gasteiger partial charge in [-0.3, -0.25) is 32.3 Å². The van der Waals surface area contributed by atoms with Crippen molar-refractivity contribution < 1.29 is 45.9 Å². The normalized spacial score (nSPS) is 13.8. The first-order valence-corrected chi connectivity index (χ1v) is 17.7. The topological polar surface area (TPSA) is 146 Å². The quantitative estimate of drug-likeness (QED) is 0.147. The summed E-state index contributed by atoms with van der Waals surface area (Å²) in [4.78, 5) is 38.0. The number of carbonyl (C=O) groups is 3. The van der Waals surface area contributed by atoms with Gasteiger partial charge in [-0.2, -0.15) is 0 Å². The molecule has 0 unspecified atom stereocenters. The lowest BCUT2D eigenvalue weighted by molar-refractivity contribution is -0.162. The summed E-state index contributed by atoms with van der Waals surface area (Å²) in [7, 11) is -9.16. The number of sulfonamides is 1. The third-order valence-electron chi connectivity index (χ3n) is 6.46. The van der Waals surface area contributed by atoms with E-state index >= 15 is 0 Å². The van der Waals surface area contributed by atoms with E-state index in [-0.39, 0.29) is 26.5 Å². The van der Waals surface area contributed by atoms with Gasteiger partial charge in [0, 0.05) is 29.2 Å². The fourth-order valence-corrected chi connectivity index (χ4v) is 8.03. The van der Waals surface area contributed by atoms with Crippen LogP contribution in [0.1, 0.15) is 54.0 Å². The van der Waals surface area contributed by atoms with E-state index in [1.807, 2.05) is 0 Å². The van der Waals surface area contributed by atoms with Crippen LogP contribution in [0.25, 0.3) is 0 Å². The van der Waals surface area contributed by atoms with Crippen molar-refractivity contribution >= 4 is 70.0 Å². The van der Waals surface area contributed by atoms with Gasteiger partial charge in [0.2, 0.25) is 19.5 Å². The summed E-state index contributed by atoms with van der Waals surface area (Å²) in [5.41, 5.74) is -0.512. The molecule has 3 rings (SSSR count). The standard InChI is InChI=1S/C29H37Cl2N2O10PS/c1-19(34)32-11-10-20-12-23(8-9-25(20)32)33(45(38,39)24-14-21(30)13-22(31)15-24)16-44(37,42-17-40-26(35)28(2,3)4)43-18-41-27(36)29(5,6)7/h8-9,12-15H,10-11,16-18H2,1-7H3. The summed E-state index contributed by atoms with van der Waals surface area (Å²) >= 11 is 12.3. The minimum atomic E-state index is -4.58. The minimum Gasteiger partial charge on any atom is -0.438 e. The highest BCUT2D eigenvalue weighted by Gasteiger charge is 2.38. The minimum absolute atomic E-state index is 0.0333. The summed E-state index contributed by atoms with van der Waals surface area (Å²) in [5.74, 6) is -1.54. The molecule has 16 heteroatoms. The van der Waals surface area contributed by atoms with E-state index in [0.29, 0.717) is 24.2 Å². The Morgan fingerprint density at radius 2 is 1.40 bits per heavy atom. The molecule has 0 radical (unpaired) electrons. The highest BCUT2D eigenvalue weighted by atomic mass is 35.5. The van der Waals surface area contributed by atoms with Crippen molar-refractivity contribution in [3.05, 3.63) is 52.0 Å². The Morgan fingerprint density at radius 3 is 1.87 bits per heavy atom. The Balaban J connectivity index is 2.07. The van der Waals surface area contributed by atoms with E-state index < -0.39 is 60.3 Å². The molecule has 2 aromatic carbocycles. The summed E-state index contributed by atoms with van der Waals surface area (Å²) in [6.45, 7) is 9.72. The molecule has 0 bridgehead atoms. The summed E-state index contributed by atoms with van der Waals surface area (Å²) < 4.78 is 64.4. The molecule has 1 amide bonds. The zero-order chi connectivity index (χ0) is 34.0. The molecule has 2 aromatic rings. The van der Waals surface area contributed by atoms with Crippen molar-refractivity contribution in [3.8, 4) is 0 Å². The molecule has 12 nitrogen and oxygen atoms in total. The Bertz CT molecular complexity index is 1560. The second-order valence-corrected chi connectivity index (χ2v) is 17.1. The highest BCUT2D eigenvalue weighted by Crippen LogP contribution is 2.51. The molecule has 1 aliphatic rings. The van der Waals surface area contributed by atoms with E-state index in [1.165, 1.54) is 31.2 Å². The average Bonchev–Trinajstić information content (AvgIpc) is 3.34. The van der Waals surface area contributed by atoms with Crippen LogP contribution >= 0.6 is 30.8 Å². The third kappa shape index (κ3) is 9.43. The smallest absolute Gasteiger partial charge is 0.356 e. The van der Waals surface area contributed by atoms with Gasteiger partial charge in [-0.05, 0) is 89.9 Å². The van der Waals surface area contributed by atoms with E-state index in [1.54, 1.807) is 58.6 Å². The van der Waals surface area contributed by atoms with Gasteiger partial charge in [-0.15, -0.1) is 0 Å². The Labute approximate surface area is 273 Å². The summed E-state index contributed by atoms with van der Waals surface area (Å²) in [6.07, 6.45) is -0.495. The van der Waals surface area contributed by atoms with E-state index in [4.69, 9.17) is 41.7 Å². The molecular formula is C29H37Cl2N2O10PS. The Kier molecular flexibility index (Phi) is 11.4. The maximum Gasteiger partial charge on any atom is 0.356 e. The molecule has 0 fully saturated rings. The van der Waals surface area contributed by atoms with Crippen molar-refractivity contribution in [2.75, 3.05) is 35.6 Å². The van der Waals surface area contributed by atoms with Crippen LogP contribution in [0.4, 0.5) is 11.4 Å². The van der Waals surface area contributed by atoms with E-state index in [9.17, 15) is 27.4 Å². The van der Waals surface area contributed by atoms with Crippen molar-refractivity contribution in [1.29, 1.82) is 0 Å². The molecular weight excluding hydrogens is 670 g/mol. The van der Waals surface area contributed by atoms with Crippen LogP contribution in [0.2, 0.25) is 10.0 Å². The predicted octanol–water partition coefficient (Wildman–Crippen LogP) is 6.38. The lowest BCUT2D eigenvalue weighted by atomic mass is 9.98. The zero-order valence-electron chi connectivity index (χ0n) is 26.1. The third-order valence-corrected chi connectivity index (χ3v) is 10.5. The van der Waals surface area contributed by atoms with Gasteiger partial charge < -0.3 is 14.4 Å². The van der Waals surface area contributed by atoms with Gasteiger partial charge in [-0.25, -0.2) is 8.42 Å². The number of fused-ring (bicyclic) bond motifs is 1. The zero-order valence-corrected chi connectivity index (χ0v) is 29.3. The van der Waals surface area contributed by atoms with Gasteiger partial charge in [0.05, 0.1) is 21.4 Å². The first-order valence-electron chi connectivity index (χ1n) is 13.8. The molecule has 0 N–H and O–H groups in total. The number of amides is 1. The molecule has 1 heterocycles. The number of carbonyl (C=O) groups excluding carboxylic acids is 3. The molecule has 0 saturated carbocycles. The summed E-state index contributed by atoms with van der Waals surface area (Å²) in [6, 6.07) is 8.25. The number of ether oxygens (including phenoxy) is 2. The number of nitrogens with zero attached hydrogens (tertiary/aromatic N) is 2. The number of benzene rings is 2. The largest absolute Gasteiger partial charge is 0.438 e. The van der Waals surface area contributed by atoms with E-state index in [2.05, 4.69) is 0 Å². The van der Waals surface area contributed by atoms with Crippen LogP contribution in [0.15, 0.2) is 41.3 Å². The van der Waals surface area contributed by atoms with Gasteiger partial charge in [-0.1, -0.05) is 23.2 Å². The molecule has 0 saturated heterocycles. The number of halogens is 2. The maximum atomic E-state index is 14.2. The Hall–Kier alpha value is -2.67. The van der Waals surface area contributed by atoms with Crippen LogP contribution in [-0.2, 0) is 53.9 Å². The first-order chi connectivity index (χ1) is 20.6. The number of anilines is 2. The molecule has 1 aliphatic heterocycles. The Morgan fingerprint density at radius 1 is 0.889 bits per heavy atom. The maximum absolute atomic E-state index is 14.2. The first kappa shape index (κ1) is 36.8. The number of hydrogen-bond donors (Lipinski definition) is 0. The van der Waals surface area contributed by atoms with Crippen molar-refractivity contribution in [2.45, 2.75) is 59.8 Å². The molecule has 0 aliphatic carbocycles. The number of rotatable bonds is 11. The molecule has 45 heavy (non-hydrogen) atoms. The predicted molar refractivity (Wildman–Crippen MR) is 170 cm³/mol. The molecule has 0 atom stereocenters. The number of hydrogen-bond acceptors (Lipinski definition) is 10. The number of esters is 2. The highest BCUT2D eigenvalue weighted by molar-refractivity contribution is 7.93. The van der Waals surface area contributed by atoms with Crippen molar-refractivity contribution in [2.24, 2.45) is 10.8 Å². The fourth-order valence-electron chi connectivity index (χ4n) is 4.00. The van der Waals surface area contributed by atoms with Crippen LogP contribution in [0, 0.1) is 10.8 Å². The van der Waals surface area contributed by atoms with Crippen LogP contribution in [0.3, 0.4) is 0 Å². The lowest BCUT2D eigenvalue weighted by Crippen LogP contribution is -2.33. The average molecular weight is 708 g/mol. The summed E-state index contributed by atoms with van der Waals surface area (Å²) in [5, 5.41) is 0.0666. The second kappa shape index (κ2) is 14.0. The fraction of sp³-hybridized carbons (Fsp3) is 0.483. The van der Waals surface area contributed by atoms with Crippen LogP contribution in [0.5, 0.6) is 0 Å².